The minimum Gasteiger partial charge on any atom is -0.478 e. The Morgan fingerprint density at radius 1 is 1.33 bits per heavy atom. The average molecular weight is 288 g/mol. The lowest BCUT2D eigenvalue weighted by Crippen LogP contribution is -2.01. The van der Waals surface area contributed by atoms with Gasteiger partial charge in [0, 0.05) is 23.6 Å². The molecule has 0 saturated heterocycles. The van der Waals surface area contributed by atoms with Crippen molar-refractivity contribution >= 4 is 16.9 Å². The molecule has 0 unspecified atom stereocenters. The summed E-state index contributed by atoms with van der Waals surface area (Å²) in [5.74, 6) is -0.860. The van der Waals surface area contributed by atoms with Gasteiger partial charge >= 0.3 is 5.97 Å². The Morgan fingerprint density at radius 2 is 2.10 bits per heavy atom. The van der Waals surface area contributed by atoms with Crippen LogP contribution in [0.1, 0.15) is 47.7 Å². The summed E-state index contributed by atoms with van der Waals surface area (Å²) in [5, 5.41) is 10.5. The molecule has 114 valence electrons. The summed E-state index contributed by atoms with van der Waals surface area (Å²) in [7, 11) is 0. The molecule has 0 spiro atoms. The van der Waals surface area contributed by atoms with Gasteiger partial charge in [0.15, 0.2) is 0 Å². The second kappa shape index (κ2) is 6.76. The van der Waals surface area contributed by atoms with Gasteiger partial charge in [-0.15, -0.1) is 0 Å². The zero-order valence-electron chi connectivity index (χ0n) is 12.9. The third kappa shape index (κ3) is 3.27. The predicted octanol–water partition coefficient (Wildman–Crippen LogP) is 3.34. The highest BCUT2D eigenvalue weighted by atomic mass is 16.4. The van der Waals surface area contributed by atoms with Crippen LogP contribution in [0, 0.1) is 6.92 Å². The van der Waals surface area contributed by atoms with Crippen molar-refractivity contribution in [2.45, 2.75) is 46.1 Å². The lowest BCUT2D eigenvalue weighted by atomic mass is 10.0. The van der Waals surface area contributed by atoms with Crippen LogP contribution in [0.25, 0.3) is 10.9 Å². The molecule has 0 atom stereocenters. The maximum absolute atomic E-state index is 11.3. The van der Waals surface area contributed by atoms with E-state index in [1.807, 2.05) is 19.1 Å². The molecule has 4 nitrogen and oxygen atoms in total. The Morgan fingerprint density at radius 3 is 2.71 bits per heavy atom. The molecule has 2 rings (SSSR count). The summed E-state index contributed by atoms with van der Waals surface area (Å²) in [5.41, 5.74) is 9.12. The molecule has 21 heavy (non-hydrogen) atoms. The summed E-state index contributed by atoms with van der Waals surface area (Å²) in [6.07, 6.45) is 6.28. The van der Waals surface area contributed by atoms with E-state index < -0.39 is 5.97 Å². The van der Waals surface area contributed by atoms with E-state index >= 15 is 0 Å². The fourth-order valence-corrected chi connectivity index (χ4v) is 2.75. The number of hydrogen-bond donors (Lipinski definition) is 2. The summed E-state index contributed by atoms with van der Waals surface area (Å²) < 4.78 is 2.19. The van der Waals surface area contributed by atoms with Gasteiger partial charge in [-0.05, 0) is 56.0 Å². The molecule has 1 heterocycles. The number of fused-ring (bicyclic) bond motifs is 1. The second-order valence-electron chi connectivity index (χ2n) is 5.58. The van der Waals surface area contributed by atoms with Gasteiger partial charge in [-0.3, -0.25) is 0 Å². The van der Waals surface area contributed by atoms with Crippen LogP contribution < -0.4 is 5.73 Å². The normalized spacial score (nSPS) is 11.2. The van der Waals surface area contributed by atoms with Gasteiger partial charge in [0.1, 0.15) is 0 Å². The standard InChI is InChI=1S/C17H24N2O2/c1-3-4-8-19-11-13(6-5-7-18)15-9-12(2)14(17(20)21)10-16(15)19/h9-11H,3-8,18H2,1-2H3,(H,20,21). The van der Waals surface area contributed by atoms with E-state index in [-0.39, 0.29) is 0 Å². The molecule has 0 amide bonds. The number of hydrogen-bond acceptors (Lipinski definition) is 2. The van der Waals surface area contributed by atoms with E-state index in [0.29, 0.717) is 12.1 Å². The maximum atomic E-state index is 11.3. The monoisotopic (exact) mass is 288 g/mol. The Kier molecular flexibility index (Phi) is 5.02. The zero-order valence-corrected chi connectivity index (χ0v) is 12.9. The molecule has 0 aliphatic rings. The Balaban J connectivity index is 2.54. The van der Waals surface area contributed by atoms with Crippen LogP contribution in [-0.4, -0.2) is 22.2 Å². The number of rotatable bonds is 7. The number of carboxylic acids is 1. The van der Waals surface area contributed by atoms with Crippen LogP contribution in [-0.2, 0) is 13.0 Å². The first-order chi connectivity index (χ1) is 10.1. The molecule has 0 bridgehead atoms. The first-order valence-corrected chi connectivity index (χ1v) is 7.64. The number of aromatic nitrogens is 1. The van der Waals surface area contributed by atoms with Crippen molar-refractivity contribution in [1.29, 1.82) is 0 Å². The molecule has 0 radical (unpaired) electrons. The number of carboxylic acid groups (broad SMARTS) is 1. The van der Waals surface area contributed by atoms with Crippen molar-refractivity contribution in [3.8, 4) is 0 Å². The first-order valence-electron chi connectivity index (χ1n) is 7.64. The Bertz CT molecular complexity index is 644. The number of unbranched alkanes of at least 4 members (excludes halogenated alkanes) is 1. The molecular weight excluding hydrogens is 264 g/mol. The van der Waals surface area contributed by atoms with E-state index in [1.54, 1.807) is 0 Å². The van der Waals surface area contributed by atoms with Crippen LogP contribution in [0.2, 0.25) is 0 Å². The van der Waals surface area contributed by atoms with Gasteiger partial charge in [-0.25, -0.2) is 4.79 Å². The van der Waals surface area contributed by atoms with Crippen molar-refractivity contribution in [3.63, 3.8) is 0 Å². The highest BCUT2D eigenvalue weighted by Gasteiger charge is 2.14. The van der Waals surface area contributed by atoms with E-state index in [4.69, 9.17) is 5.73 Å². The van der Waals surface area contributed by atoms with Crippen molar-refractivity contribution in [2.24, 2.45) is 5.73 Å². The third-order valence-electron chi connectivity index (χ3n) is 3.94. The second-order valence-corrected chi connectivity index (χ2v) is 5.58. The number of nitrogens with zero attached hydrogens (tertiary/aromatic N) is 1. The SMILES string of the molecule is CCCCn1cc(CCCN)c2cc(C)c(C(=O)O)cc21. The summed E-state index contributed by atoms with van der Waals surface area (Å²) in [6, 6.07) is 3.82. The van der Waals surface area contributed by atoms with E-state index in [1.165, 1.54) is 10.9 Å². The van der Waals surface area contributed by atoms with Gasteiger partial charge in [0.2, 0.25) is 0 Å². The quantitative estimate of drug-likeness (QED) is 0.821. The van der Waals surface area contributed by atoms with E-state index in [0.717, 1.165) is 43.3 Å². The Labute approximate surface area is 125 Å². The average Bonchev–Trinajstić information content (AvgIpc) is 2.78. The summed E-state index contributed by atoms with van der Waals surface area (Å²) in [6.45, 7) is 5.62. The highest BCUT2D eigenvalue weighted by Crippen LogP contribution is 2.27. The number of carbonyl (C=O) groups is 1. The largest absolute Gasteiger partial charge is 0.478 e. The fourth-order valence-electron chi connectivity index (χ4n) is 2.75. The molecule has 3 N–H and O–H groups in total. The lowest BCUT2D eigenvalue weighted by Gasteiger charge is -2.06. The molecule has 0 aliphatic heterocycles. The predicted molar refractivity (Wildman–Crippen MR) is 85.9 cm³/mol. The molecule has 1 aromatic heterocycles. The highest BCUT2D eigenvalue weighted by molar-refractivity contribution is 5.96. The molecular formula is C17H24N2O2. The molecule has 0 aliphatic carbocycles. The summed E-state index contributed by atoms with van der Waals surface area (Å²) >= 11 is 0. The van der Waals surface area contributed by atoms with Gasteiger partial charge in [-0.1, -0.05) is 13.3 Å². The molecule has 2 aromatic rings. The Hall–Kier alpha value is -1.81. The minimum atomic E-state index is -0.860. The number of benzene rings is 1. The maximum Gasteiger partial charge on any atom is 0.336 e. The number of aromatic carboxylic acids is 1. The van der Waals surface area contributed by atoms with Gasteiger partial charge in [0.25, 0.3) is 0 Å². The van der Waals surface area contributed by atoms with Crippen LogP contribution in [0.3, 0.4) is 0 Å². The molecule has 1 aromatic carbocycles. The van der Waals surface area contributed by atoms with Gasteiger partial charge in [-0.2, -0.15) is 0 Å². The van der Waals surface area contributed by atoms with Crippen LogP contribution >= 0.6 is 0 Å². The van der Waals surface area contributed by atoms with Crippen molar-refractivity contribution in [1.82, 2.24) is 4.57 Å². The van der Waals surface area contributed by atoms with E-state index in [9.17, 15) is 9.90 Å². The minimum absolute atomic E-state index is 0.392. The fraction of sp³-hybridized carbons (Fsp3) is 0.471. The van der Waals surface area contributed by atoms with Gasteiger partial charge in [0.05, 0.1) is 5.56 Å². The van der Waals surface area contributed by atoms with Crippen molar-refractivity contribution in [3.05, 3.63) is 35.0 Å². The van der Waals surface area contributed by atoms with Crippen LogP contribution in [0.4, 0.5) is 0 Å². The number of nitrogens with two attached hydrogens (primary N) is 1. The van der Waals surface area contributed by atoms with Crippen LogP contribution in [0.15, 0.2) is 18.3 Å². The molecule has 0 fully saturated rings. The third-order valence-corrected chi connectivity index (χ3v) is 3.94. The molecule has 0 saturated carbocycles. The smallest absolute Gasteiger partial charge is 0.336 e. The first kappa shape index (κ1) is 15.6. The summed E-state index contributed by atoms with van der Waals surface area (Å²) in [4.78, 5) is 11.3. The van der Waals surface area contributed by atoms with E-state index in [2.05, 4.69) is 17.7 Å². The van der Waals surface area contributed by atoms with Crippen LogP contribution in [0.5, 0.6) is 0 Å². The van der Waals surface area contributed by atoms with Crippen molar-refractivity contribution in [2.75, 3.05) is 6.54 Å². The zero-order chi connectivity index (χ0) is 15.4. The topological polar surface area (TPSA) is 68.2 Å². The number of aryl methyl sites for hydroxylation is 3. The van der Waals surface area contributed by atoms with Gasteiger partial charge < -0.3 is 15.4 Å². The van der Waals surface area contributed by atoms with Crippen molar-refractivity contribution < 1.29 is 9.90 Å². The molecule has 4 heteroatoms. The lowest BCUT2D eigenvalue weighted by molar-refractivity contribution is 0.0696.